The molecule has 2 N–H and O–H groups in total. The number of hydrogen-bond acceptors (Lipinski definition) is 3. The van der Waals surface area contributed by atoms with Crippen LogP contribution in [0.1, 0.15) is 29.4 Å². The van der Waals surface area contributed by atoms with Crippen LogP contribution in [-0.2, 0) is 31.0 Å². The van der Waals surface area contributed by atoms with Crippen molar-refractivity contribution in [3.8, 4) is 0 Å². The van der Waals surface area contributed by atoms with Gasteiger partial charge in [-0.05, 0) is 35.7 Å². The number of nitrogens with zero attached hydrogens (tertiary/aromatic N) is 1. The van der Waals surface area contributed by atoms with Crippen LogP contribution in [0.15, 0.2) is 82.4 Å². The van der Waals surface area contributed by atoms with Crippen molar-refractivity contribution < 1.29 is 9.15 Å². The van der Waals surface area contributed by atoms with Crippen LogP contribution < -0.4 is 10.6 Å². The zero-order chi connectivity index (χ0) is 19.4. The molecule has 2 aromatic carbocycles. The van der Waals surface area contributed by atoms with Gasteiger partial charge in [-0.3, -0.25) is 0 Å². The smallest absolute Gasteiger partial charge is 0.191 e. The summed E-state index contributed by atoms with van der Waals surface area (Å²) in [7, 11) is 0. The summed E-state index contributed by atoms with van der Waals surface area (Å²) in [6.07, 6.45) is 1.67. The van der Waals surface area contributed by atoms with E-state index in [2.05, 4.69) is 52.0 Å². The fourth-order valence-electron chi connectivity index (χ4n) is 2.70. The fraction of sp³-hybridized carbons (Fsp3) is 0.261. The van der Waals surface area contributed by atoms with Gasteiger partial charge in [0.15, 0.2) is 5.96 Å². The van der Waals surface area contributed by atoms with Crippen LogP contribution in [0.25, 0.3) is 0 Å². The molecule has 146 valence electrons. The maximum Gasteiger partial charge on any atom is 0.191 e. The van der Waals surface area contributed by atoms with Crippen LogP contribution in [0.5, 0.6) is 0 Å². The summed E-state index contributed by atoms with van der Waals surface area (Å²) >= 11 is 0. The van der Waals surface area contributed by atoms with E-state index in [9.17, 15) is 0 Å². The number of nitrogens with one attached hydrogen (secondary N) is 2. The standard InChI is InChI=1S/C23H27N3O2/c1-2-24-23(26-16-22-9-6-14-28-22)25-15-19-10-12-21(13-11-19)18-27-17-20-7-4-3-5-8-20/h3-14H,2,15-18H2,1H3,(H2,24,25,26). The van der Waals surface area contributed by atoms with Crippen molar-refractivity contribution >= 4 is 5.96 Å². The predicted octanol–water partition coefficient (Wildman–Crippen LogP) is 4.25. The summed E-state index contributed by atoms with van der Waals surface area (Å²) in [5.41, 5.74) is 3.50. The van der Waals surface area contributed by atoms with E-state index in [1.165, 1.54) is 5.56 Å². The highest BCUT2D eigenvalue weighted by Crippen LogP contribution is 2.09. The lowest BCUT2D eigenvalue weighted by Crippen LogP contribution is -2.36. The molecular weight excluding hydrogens is 350 g/mol. The summed E-state index contributed by atoms with van der Waals surface area (Å²) in [6.45, 7) is 5.30. The minimum atomic E-state index is 0.603. The van der Waals surface area contributed by atoms with Crippen molar-refractivity contribution in [1.29, 1.82) is 0 Å². The van der Waals surface area contributed by atoms with Crippen molar-refractivity contribution in [2.75, 3.05) is 6.54 Å². The molecule has 0 unspecified atom stereocenters. The quantitative estimate of drug-likeness (QED) is 0.432. The number of benzene rings is 2. The number of furan rings is 1. The molecule has 3 rings (SSSR count). The zero-order valence-electron chi connectivity index (χ0n) is 16.2. The molecule has 0 aliphatic rings. The van der Waals surface area contributed by atoms with Gasteiger partial charge in [-0.1, -0.05) is 54.6 Å². The molecule has 0 fully saturated rings. The second-order valence-corrected chi connectivity index (χ2v) is 6.42. The van der Waals surface area contributed by atoms with Gasteiger partial charge in [-0.15, -0.1) is 0 Å². The molecular formula is C23H27N3O2. The van der Waals surface area contributed by atoms with Gasteiger partial charge in [0.05, 0.1) is 32.6 Å². The molecule has 5 nitrogen and oxygen atoms in total. The Morgan fingerprint density at radius 2 is 1.57 bits per heavy atom. The van der Waals surface area contributed by atoms with Crippen molar-refractivity contribution in [3.63, 3.8) is 0 Å². The van der Waals surface area contributed by atoms with E-state index in [0.29, 0.717) is 26.3 Å². The molecule has 28 heavy (non-hydrogen) atoms. The Kier molecular flexibility index (Phi) is 7.70. The van der Waals surface area contributed by atoms with Crippen LogP contribution in [-0.4, -0.2) is 12.5 Å². The molecule has 0 radical (unpaired) electrons. The van der Waals surface area contributed by atoms with Gasteiger partial charge in [0.1, 0.15) is 5.76 Å². The van der Waals surface area contributed by atoms with Crippen LogP contribution in [0.2, 0.25) is 0 Å². The zero-order valence-corrected chi connectivity index (χ0v) is 16.2. The monoisotopic (exact) mass is 377 g/mol. The lowest BCUT2D eigenvalue weighted by Gasteiger charge is -2.10. The third kappa shape index (κ3) is 6.59. The van der Waals surface area contributed by atoms with Gasteiger partial charge in [-0.25, -0.2) is 4.99 Å². The van der Waals surface area contributed by atoms with Gasteiger partial charge in [0.2, 0.25) is 0 Å². The molecule has 1 aromatic heterocycles. The van der Waals surface area contributed by atoms with E-state index in [1.54, 1.807) is 6.26 Å². The molecule has 5 heteroatoms. The first kappa shape index (κ1) is 19.7. The van der Waals surface area contributed by atoms with E-state index < -0.39 is 0 Å². The third-order valence-corrected chi connectivity index (χ3v) is 4.18. The van der Waals surface area contributed by atoms with E-state index >= 15 is 0 Å². The second kappa shape index (κ2) is 10.9. The first-order chi connectivity index (χ1) is 13.8. The highest BCUT2D eigenvalue weighted by atomic mass is 16.5. The summed E-state index contributed by atoms with van der Waals surface area (Å²) < 4.78 is 11.1. The van der Waals surface area contributed by atoms with Crippen molar-refractivity contribution in [1.82, 2.24) is 10.6 Å². The Morgan fingerprint density at radius 3 is 2.25 bits per heavy atom. The molecule has 1 heterocycles. The normalized spacial score (nSPS) is 11.4. The number of hydrogen-bond donors (Lipinski definition) is 2. The van der Waals surface area contributed by atoms with Gasteiger partial charge in [-0.2, -0.15) is 0 Å². The Balaban J connectivity index is 1.46. The molecule has 0 aliphatic carbocycles. The molecule has 0 amide bonds. The number of rotatable bonds is 9. The summed E-state index contributed by atoms with van der Waals surface area (Å²) in [6, 6.07) is 22.4. The van der Waals surface area contributed by atoms with E-state index in [4.69, 9.17) is 9.15 Å². The van der Waals surface area contributed by atoms with Gasteiger partial charge in [0.25, 0.3) is 0 Å². The second-order valence-electron chi connectivity index (χ2n) is 6.42. The van der Waals surface area contributed by atoms with Gasteiger partial charge in [0, 0.05) is 6.54 Å². The third-order valence-electron chi connectivity index (χ3n) is 4.18. The Labute approximate surface area is 166 Å². The van der Waals surface area contributed by atoms with Crippen LogP contribution >= 0.6 is 0 Å². The fourth-order valence-corrected chi connectivity index (χ4v) is 2.70. The number of aliphatic imine (C=N–C) groups is 1. The molecule has 3 aromatic rings. The average Bonchev–Trinajstić information content (AvgIpc) is 3.25. The van der Waals surface area contributed by atoms with Crippen LogP contribution in [0.3, 0.4) is 0 Å². The van der Waals surface area contributed by atoms with Gasteiger partial charge >= 0.3 is 0 Å². The van der Waals surface area contributed by atoms with Gasteiger partial charge < -0.3 is 19.8 Å². The highest BCUT2D eigenvalue weighted by molar-refractivity contribution is 5.79. The molecule has 0 spiro atoms. The topological polar surface area (TPSA) is 58.8 Å². The Bertz CT molecular complexity index is 828. The highest BCUT2D eigenvalue weighted by Gasteiger charge is 2.01. The molecule has 0 atom stereocenters. The summed E-state index contributed by atoms with van der Waals surface area (Å²) in [4.78, 5) is 4.64. The van der Waals surface area contributed by atoms with Crippen molar-refractivity contribution in [2.24, 2.45) is 4.99 Å². The first-order valence-corrected chi connectivity index (χ1v) is 9.57. The average molecular weight is 377 g/mol. The number of ether oxygens (including phenoxy) is 1. The molecule has 0 aliphatic heterocycles. The minimum absolute atomic E-state index is 0.603. The Morgan fingerprint density at radius 1 is 0.857 bits per heavy atom. The lowest BCUT2D eigenvalue weighted by atomic mass is 10.1. The van der Waals surface area contributed by atoms with E-state index in [-0.39, 0.29) is 0 Å². The first-order valence-electron chi connectivity index (χ1n) is 9.57. The van der Waals surface area contributed by atoms with E-state index in [0.717, 1.165) is 29.4 Å². The maximum absolute atomic E-state index is 5.79. The predicted molar refractivity (Wildman–Crippen MR) is 112 cm³/mol. The SMILES string of the molecule is CCNC(=NCc1ccc(COCc2ccccc2)cc1)NCc1ccco1. The van der Waals surface area contributed by atoms with Crippen molar-refractivity contribution in [3.05, 3.63) is 95.4 Å². The molecule has 0 saturated carbocycles. The largest absolute Gasteiger partial charge is 0.467 e. The van der Waals surface area contributed by atoms with Crippen LogP contribution in [0.4, 0.5) is 0 Å². The molecule has 0 bridgehead atoms. The Hall–Kier alpha value is -3.05. The van der Waals surface area contributed by atoms with E-state index in [1.807, 2.05) is 37.3 Å². The number of guanidine groups is 1. The minimum Gasteiger partial charge on any atom is -0.467 e. The van der Waals surface area contributed by atoms with Crippen LogP contribution in [0, 0.1) is 0 Å². The van der Waals surface area contributed by atoms with Crippen molar-refractivity contribution in [2.45, 2.75) is 33.2 Å². The molecule has 0 saturated heterocycles. The lowest BCUT2D eigenvalue weighted by molar-refractivity contribution is 0.107. The summed E-state index contributed by atoms with van der Waals surface area (Å²) in [5, 5.41) is 6.52. The maximum atomic E-state index is 5.79. The summed E-state index contributed by atoms with van der Waals surface area (Å²) in [5.74, 6) is 1.65.